The molecule has 3 aromatic rings. The Bertz CT molecular complexity index is 1150. The molecule has 1 N–H and O–H groups in total. The van der Waals surface area contributed by atoms with Gasteiger partial charge in [-0.3, -0.25) is 9.59 Å². The summed E-state index contributed by atoms with van der Waals surface area (Å²) < 4.78 is 0.945. The summed E-state index contributed by atoms with van der Waals surface area (Å²) in [5, 5.41) is 3.12. The number of carbonyl (C=O) groups excluding carboxylic acids is 2. The number of benzene rings is 3. The van der Waals surface area contributed by atoms with E-state index in [2.05, 4.69) is 33.4 Å². The smallest absolute Gasteiger partial charge is 0.243 e. The summed E-state index contributed by atoms with van der Waals surface area (Å²) in [5.74, 6) is -0.175. The van der Waals surface area contributed by atoms with Crippen LogP contribution in [0.2, 0.25) is 0 Å². The lowest BCUT2D eigenvalue weighted by molar-refractivity contribution is -0.141. The summed E-state index contributed by atoms with van der Waals surface area (Å²) in [7, 11) is 0. The first-order valence-electron chi connectivity index (χ1n) is 12.2. The summed E-state index contributed by atoms with van der Waals surface area (Å²) in [4.78, 5) is 29.2. The minimum Gasteiger partial charge on any atom is -0.352 e. The van der Waals surface area contributed by atoms with Gasteiger partial charge in [0, 0.05) is 23.5 Å². The van der Waals surface area contributed by atoms with Crippen molar-refractivity contribution in [2.75, 3.05) is 0 Å². The molecular weight excluding hydrogens is 500 g/mol. The Morgan fingerprint density at radius 3 is 2.34 bits per heavy atom. The van der Waals surface area contributed by atoms with Crippen molar-refractivity contribution < 1.29 is 9.59 Å². The summed E-state index contributed by atoms with van der Waals surface area (Å²) in [6.45, 7) is 8.45. The Morgan fingerprint density at radius 1 is 0.943 bits per heavy atom. The number of amides is 2. The number of hydrogen-bond donors (Lipinski definition) is 1. The maximum Gasteiger partial charge on any atom is 0.243 e. The van der Waals surface area contributed by atoms with Crippen LogP contribution in [0.3, 0.4) is 0 Å². The fourth-order valence-electron chi connectivity index (χ4n) is 4.08. The molecule has 3 aromatic carbocycles. The van der Waals surface area contributed by atoms with Crippen LogP contribution in [0.25, 0.3) is 0 Å². The van der Waals surface area contributed by atoms with Gasteiger partial charge in [0.25, 0.3) is 0 Å². The maximum atomic E-state index is 13.9. The van der Waals surface area contributed by atoms with Gasteiger partial charge in [0.2, 0.25) is 11.8 Å². The van der Waals surface area contributed by atoms with Crippen molar-refractivity contribution in [1.29, 1.82) is 0 Å². The average Bonchev–Trinajstić information content (AvgIpc) is 2.84. The van der Waals surface area contributed by atoms with Crippen LogP contribution in [0.4, 0.5) is 0 Å². The van der Waals surface area contributed by atoms with Crippen molar-refractivity contribution >= 4 is 27.7 Å². The van der Waals surface area contributed by atoms with Crippen LogP contribution < -0.4 is 5.32 Å². The molecule has 3 rings (SSSR count). The van der Waals surface area contributed by atoms with Gasteiger partial charge in [0.05, 0.1) is 6.42 Å². The highest BCUT2D eigenvalue weighted by molar-refractivity contribution is 9.10. The number of rotatable bonds is 10. The summed E-state index contributed by atoms with van der Waals surface area (Å²) in [6.07, 6.45) is 1.53. The molecule has 0 saturated carbocycles. The second-order valence-electron chi connectivity index (χ2n) is 9.28. The number of carbonyl (C=O) groups is 2. The van der Waals surface area contributed by atoms with Crippen LogP contribution in [0.15, 0.2) is 77.3 Å². The van der Waals surface area contributed by atoms with Crippen molar-refractivity contribution in [1.82, 2.24) is 10.2 Å². The third kappa shape index (κ3) is 7.79. The van der Waals surface area contributed by atoms with Gasteiger partial charge in [-0.2, -0.15) is 0 Å². The number of halogens is 1. The third-order valence-corrected chi connectivity index (χ3v) is 6.85. The van der Waals surface area contributed by atoms with Gasteiger partial charge >= 0.3 is 0 Å². The normalized spacial score (nSPS) is 12.6. The zero-order chi connectivity index (χ0) is 25.4. The predicted molar refractivity (Wildman–Crippen MR) is 146 cm³/mol. The average molecular weight is 536 g/mol. The molecule has 0 aromatic heterocycles. The highest BCUT2D eigenvalue weighted by Gasteiger charge is 2.31. The maximum absolute atomic E-state index is 13.9. The van der Waals surface area contributed by atoms with Gasteiger partial charge in [-0.1, -0.05) is 89.1 Å². The molecule has 0 unspecified atom stereocenters. The van der Waals surface area contributed by atoms with Crippen LogP contribution in [0.1, 0.15) is 48.1 Å². The van der Waals surface area contributed by atoms with E-state index in [1.807, 2.05) is 88.4 Å². The van der Waals surface area contributed by atoms with Gasteiger partial charge < -0.3 is 10.2 Å². The van der Waals surface area contributed by atoms with Crippen LogP contribution in [0, 0.1) is 13.8 Å². The van der Waals surface area contributed by atoms with Gasteiger partial charge in [0.1, 0.15) is 6.04 Å². The molecule has 5 heteroatoms. The van der Waals surface area contributed by atoms with Gasteiger partial charge in [-0.15, -0.1) is 0 Å². The van der Waals surface area contributed by atoms with Crippen LogP contribution in [-0.2, 0) is 29.0 Å². The van der Waals surface area contributed by atoms with E-state index in [0.717, 1.165) is 38.7 Å². The predicted octanol–water partition coefficient (Wildman–Crippen LogP) is 6.16. The summed E-state index contributed by atoms with van der Waals surface area (Å²) >= 11 is 3.54. The molecule has 184 valence electrons. The number of nitrogens with one attached hydrogen (secondary N) is 1. The van der Waals surface area contributed by atoms with Gasteiger partial charge in [-0.05, 0) is 61.6 Å². The lowest BCUT2D eigenvalue weighted by Crippen LogP contribution is -2.52. The quantitative estimate of drug-likeness (QED) is 0.338. The monoisotopic (exact) mass is 534 g/mol. The van der Waals surface area contributed by atoms with Crippen molar-refractivity contribution in [2.24, 2.45) is 0 Å². The SMILES string of the molecule is CC[C@@H](C)NC(=O)[C@H](Cc1ccccc1)N(Cc1cccc(Br)c1)C(=O)Cc1cc(C)ccc1C. The molecule has 0 heterocycles. The summed E-state index contributed by atoms with van der Waals surface area (Å²) in [6, 6.07) is 23.4. The zero-order valence-electron chi connectivity index (χ0n) is 21.1. The zero-order valence-corrected chi connectivity index (χ0v) is 22.6. The summed E-state index contributed by atoms with van der Waals surface area (Å²) in [5.41, 5.74) is 5.19. The van der Waals surface area contributed by atoms with Crippen molar-refractivity contribution in [2.45, 2.75) is 65.6 Å². The Hall–Kier alpha value is -2.92. The van der Waals surface area contributed by atoms with E-state index in [0.29, 0.717) is 13.0 Å². The van der Waals surface area contributed by atoms with Crippen LogP contribution in [0.5, 0.6) is 0 Å². The first-order valence-corrected chi connectivity index (χ1v) is 13.0. The van der Waals surface area contributed by atoms with Crippen molar-refractivity contribution in [3.05, 3.63) is 105 Å². The van der Waals surface area contributed by atoms with E-state index in [1.165, 1.54) is 0 Å². The first-order chi connectivity index (χ1) is 16.8. The molecule has 0 fully saturated rings. The molecule has 0 aliphatic rings. The molecular formula is C30H35BrN2O2. The number of nitrogens with zero attached hydrogens (tertiary/aromatic N) is 1. The van der Waals surface area contributed by atoms with Crippen molar-refractivity contribution in [3.63, 3.8) is 0 Å². The molecule has 35 heavy (non-hydrogen) atoms. The van der Waals surface area contributed by atoms with Gasteiger partial charge in [0.15, 0.2) is 0 Å². The standard InChI is InChI=1S/C30H35BrN2O2/c1-5-23(4)32-30(35)28(18-24-10-7-6-8-11-24)33(20-25-12-9-13-27(31)17-25)29(34)19-26-16-21(2)14-15-22(26)3/h6-17,23,28H,5,18-20H2,1-4H3,(H,32,35)/t23-,28+/m1/s1. The fourth-order valence-corrected chi connectivity index (χ4v) is 4.53. The number of aryl methyl sites for hydroxylation is 2. The van der Waals surface area contributed by atoms with Crippen LogP contribution in [-0.4, -0.2) is 28.8 Å². The third-order valence-electron chi connectivity index (χ3n) is 6.36. The fraction of sp³-hybridized carbons (Fsp3) is 0.333. The molecule has 0 aliphatic carbocycles. The molecule has 0 aliphatic heterocycles. The highest BCUT2D eigenvalue weighted by atomic mass is 79.9. The van der Waals surface area contributed by atoms with E-state index in [9.17, 15) is 9.59 Å². The minimum absolute atomic E-state index is 0.0302. The molecule has 2 amide bonds. The molecule has 4 nitrogen and oxygen atoms in total. The van der Waals surface area contributed by atoms with E-state index in [4.69, 9.17) is 0 Å². The topological polar surface area (TPSA) is 49.4 Å². The number of hydrogen-bond acceptors (Lipinski definition) is 2. The highest BCUT2D eigenvalue weighted by Crippen LogP contribution is 2.20. The Morgan fingerprint density at radius 2 is 1.66 bits per heavy atom. The lowest BCUT2D eigenvalue weighted by atomic mass is 9.99. The first kappa shape index (κ1) is 26.7. The molecule has 0 bridgehead atoms. The lowest BCUT2D eigenvalue weighted by Gasteiger charge is -2.32. The van der Waals surface area contributed by atoms with E-state index in [1.54, 1.807) is 4.90 Å². The molecule has 2 atom stereocenters. The molecule has 0 saturated heterocycles. The van der Waals surface area contributed by atoms with Crippen molar-refractivity contribution in [3.8, 4) is 0 Å². The van der Waals surface area contributed by atoms with E-state index < -0.39 is 6.04 Å². The minimum atomic E-state index is -0.622. The molecule has 0 radical (unpaired) electrons. The van der Waals surface area contributed by atoms with E-state index in [-0.39, 0.29) is 24.3 Å². The second-order valence-corrected chi connectivity index (χ2v) is 10.2. The van der Waals surface area contributed by atoms with Crippen LogP contribution >= 0.6 is 15.9 Å². The van der Waals surface area contributed by atoms with Gasteiger partial charge in [-0.25, -0.2) is 0 Å². The Labute approximate surface area is 217 Å². The molecule has 0 spiro atoms. The second kappa shape index (κ2) is 12.7. The Balaban J connectivity index is 2.00. The largest absolute Gasteiger partial charge is 0.352 e. The Kier molecular flexibility index (Phi) is 9.67. The van der Waals surface area contributed by atoms with E-state index >= 15 is 0 Å².